The molecule has 1 aromatic rings. The monoisotopic (exact) mass is 344 g/mol. The van der Waals surface area contributed by atoms with Gasteiger partial charge in [-0.3, -0.25) is 5.32 Å². The lowest BCUT2D eigenvalue weighted by atomic mass is 10.1. The maximum atomic E-state index is 11.9. The van der Waals surface area contributed by atoms with E-state index < -0.39 is 18.4 Å². The highest BCUT2D eigenvalue weighted by Gasteiger charge is 2.33. The van der Waals surface area contributed by atoms with Crippen molar-refractivity contribution in [1.29, 1.82) is 0 Å². The number of amides is 4. The number of hydrogen-bond donors (Lipinski definition) is 3. The Balaban J connectivity index is 2.03. The van der Waals surface area contributed by atoms with Crippen molar-refractivity contribution in [3.05, 3.63) is 33.8 Å². The first-order valence-electron chi connectivity index (χ1n) is 6.91. The summed E-state index contributed by atoms with van der Waals surface area (Å²) in [7, 11) is 0. The molecule has 1 atom stereocenters. The number of rotatable bonds is 4. The molecule has 6 nitrogen and oxygen atoms in total. The van der Waals surface area contributed by atoms with E-state index in [0.717, 1.165) is 10.5 Å². The summed E-state index contributed by atoms with van der Waals surface area (Å²) >= 11 is 11.9. The molecule has 0 aliphatic carbocycles. The van der Waals surface area contributed by atoms with Crippen LogP contribution in [-0.4, -0.2) is 29.3 Å². The van der Waals surface area contributed by atoms with E-state index in [1.54, 1.807) is 26.0 Å². The third kappa shape index (κ3) is 3.63. The second-order valence-corrected chi connectivity index (χ2v) is 6.17. The van der Waals surface area contributed by atoms with E-state index in [-0.39, 0.29) is 12.1 Å². The highest BCUT2D eigenvalue weighted by atomic mass is 35.5. The molecule has 0 aromatic heterocycles. The number of carbonyl (C=O) groups is 2. The number of nitrogens with one attached hydrogen (secondary N) is 3. The van der Waals surface area contributed by atoms with E-state index in [9.17, 15) is 9.59 Å². The van der Waals surface area contributed by atoms with Crippen molar-refractivity contribution in [2.75, 3.05) is 0 Å². The van der Waals surface area contributed by atoms with Gasteiger partial charge < -0.3 is 10.6 Å². The molecule has 1 fully saturated rings. The number of urea groups is 2. The van der Waals surface area contributed by atoms with Gasteiger partial charge in [0.25, 0.3) is 0 Å². The minimum absolute atomic E-state index is 0.147. The van der Waals surface area contributed by atoms with Crippen LogP contribution in [0.5, 0.6) is 0 Å². The van der Waals surface area contributed by atoms with Crippen LogP contribution in [0.4, 0.5) is 9.59 Å². The molecular weight excluding hydrogens is 327 g/mol. The van der Waals surface area contributed by atoms with Crippen LogP contribution in [0.3, 0.4) is 0 Å². The Labute approximate surface area is 139 Å². The Bertz CT molecular complexity index is 576. The van der Waals surface area contributed by atoms with Crippen LogP contribution in [0.2, 0.25) is 10.0 Å². The van der Waals surface area contributed by atoms with E-state index in [1.165, 1.54) is 0 Å². The Morgan fingerprint density at radius 1 is 1.09 bits per heavy atom. The summed E-state index contributed by atoms with van der Waals surface area (Å²) in [5, 5.41) is 9.42. The molecule has 1 aromatic carbocycles. The molecule has 3 N–H and O–H groups in total. The predicted molar refractivity (Wildman–Crippen MR) is 85.8 cm³/mol. The zero-order valence-electron chi connectivity index (χ0n) is 12.5. The van der Waals surface area contributed by atoms with Crippen molar-refractivity contribution in [1.82, 2.24) is 20.9 Å². The Kier molecular flexibility index (Phi) is 5.16. The lowest BCUT2D eigenvalue weighted by Crippen LogP contribution is -2.69. The second-order valence-electron chi connectivity index (χ2n) is 5.36. The zero-order valence-corrected chi connectivity index (χ0v) is 14.0. The lowest BCUT2D eigenvalue weighted by Gasteiger charge is -2.36. The van der Waals surface area contributed by atoms with Gasteiger partial charge in [0.1, 0.15) is 0 Å². The lowest BCUT2D eigenvalue weighted by molar-refractivity contribution is 0.146. The van der Waals surface area contributed by atoms with Crippen LogP contribution in [0.1, 0.15) is 32.4 Å². The summed E-state index contributed by atoms with van der Waals surface area (Å²) < 4.78 is 0. The van der Waals surface area contributed by atoms with Crippen LogP contribution in [0.25, 0.3) is 0 Å². The summed E-state index contributed by atoms with van der Waals surface area (Å²) in [4.78, 5) is 25.0. The maximum absolute atomic E-state index is 11.9. The van der Waals surface area contributed by atoms with Gasteiger partial charge >= 0.3 is 12.1 Å². The van der Waals surface area contributed by atoms with Crippen molar-refractivity contribution >= 4 is 35.3 Å². The molecule has 0 spiro atoms. The van der Waals surface area contributed by atoms with Gasteiger partial charge in [0.2, 0.25) is 0 Å². The van der Waals surface area contributed by atoms with Gasteiger partial charge in [-0.1, -0.05) is 29.3 Å². The predicted octanol–water partition coefficient (Wildman–Crippen LogP) is 3.07. The fraction of sp³-hybridized carbons (Fsp3) is 0.429. The number of halogens is 2. The number of nitrogens with zero attached hydrogens (tertiary/aromatic N) is 1. The van der Waals surface area contributed by atoms with Crippen LogP contribution < -0.4 is 16.0 Å². The molecule has 1 heterocycles. The topological polar surface area (TPSA) is 73.5 Å². The SMILES string of the molecule is CC(C)N1C(=O)NC(N[C@@H](C)c2ccc(Cl)c(Cl)c2)NC1=O. The number of imide groups is 1. The van der Waals surface area contributed by atoms with Crippen molar-refractivity contribution < 1.29 is 9.59 Å². The van der Waals surface area contributed by atoms with Gasteiger partial charge in [0.15, 0.2) is 6.29 Å². The average Bonchev–Trinajstić information content (AvgIpc) is 2.40. The molecule has 1 aliphatic heterocycles. The van der Waals surface area contributed by atoms with Gasteiger partial charge in [0.05, 0.1) is 10.0 Å². The molecular formula is C14H18Cl2N4O2. The fourth-order valence-corrected chi connectivity index (χ4v) is 2.50. The van der Waals surface area contributed by atoms with Crippen LogP contribution in [0, 0.1) is 0 Å². The van der Waals surface area contributed by atoms with Gasteiger partial charge in [-0.15, -0.1) is 0 Å². The minimum atomic E-state index is -0.653. The van der Waals surface area contributed by atoms with E-state index in [4.69, 9.17) is 23.2 Å². The Morgan fingerprint density at radius 3 is 2.18 bits per heavy atom. The Hall–Kier alpha value is -1.50. The molecule has 0 unspecified atom stereocenters. The van der Waals surface area contributed by atoms with E-state index in [2.05, 4.69) is 16.0 Å². The second kappa shape index (κ2) is 6.73. The molecule has 8 heteroatoms. The number of carbonyl (C=O) groups excluding carboxylic acids is 2. The van der Waals surface area contributed by atoms with Gasteiger partial charge in [0, 0.05) is 12.1 Å². The fourth-order valence-electron chi connectivity index (χ4n) is 2.19. The summed E-state index contributed by atoms with van der Waals surface area (Å²) in [6, 6.07) is 4.05. The van der Waals surface area contributed by atoms with Crippen molar-refractivity contribution in [3.8, 4) is 0 Å². The van der Waals surface area contributed by atoms with Crippen LogP contribution >= 0.6 is 23.2 Å². The summed E-state index contributed by atoms with van der Waals surface area (Å²) in [6.07, 6.45) is -0.653. The van der Waals surface area contributed by atoms with E-state index in [1.807, 2.05) is 13.0 Å². The molecule has 1 aliphatic rings. The van der Waals surface area contributed by atoms with E-state index >= 15 is 0 Å². The number of benzene rings is 1. The first kappa shape index (κ1) is 16.9. The quantitative estimate of drug-likeness (QED) is 0.785. The molecule has 0 saturated carbocycles. The minimum Gasteiger partial charge on any atom is -0.304 e. The molecule has 2 rings (SSSR count). The molecule has 22 heavy (non-hydrogen) atoms. The smallest absolute Gasteiger partial charge is 0.304 e. The summed E-state index contributed by atoms with van der Waals surface area (Å²) in [5.74, 6) is 0. The first-order valence-corrected chi connectivity index (χ1v) is 7.66. The summed E-state index contributed by atoms with van der Waals surface area (Å²) in [6.45, 7) is 5.43. The van der Waals surface area contributed by atoms with E-state index in [0.29, 0.717) is 10.0 Å². The first-order chi connectivity index (χ1) is 10.3. The Morgan fingerprint density at radius 2 is 1.68 bits per heavy atom. The highest BCUT2D eigenvalue weighted by Crippen LogP contribution is 2.25. The number of hydrogen-bond acceptors (Lipinski definition) is 3. The third-order valence-corrected chi connectivity index (χ3v) is 4.09. The molecule has 0 bridgehead atoms. The van der Waals surface area contributed by atoms with Crippen molar-refractivity contribution in [3.63, 3.8) is 0 Å². The average molecular weight is 345 g/mol. The maximum Gasteiger partial charge on any atom is 0.328 e. The molecule has 120 valence electrons. The zero-order chi connectivity index (χ0) is 16.4. The largest absolute Gasteiger partial charge is 0.328 e. The normalized spacial score (nSPS) is 17.5. The third-order valence-electron chi connectivity index (χ3n) is 3.35. The van der Waals surface area contributed by atoms with Crippen molar-refractivity contribution in [2.24, 2.45) is 0 Å². The summed E-state index contributed by atoms with van der Waals surface area (Å²) in [5.41, 5.74) is 0.893. The van der Waals surface area contributed by atoms with Crippen molar-refractivity contribution in [2.45, 2.75) is 39.1 Å². The highest BCUT2D eigenvalue weighted by molar-refractivity contribution is 6.42. The van der Waals surface area contributed by atoms with Gasteiger partial charge in [-0.2, -0.15) is 0 Å². The van der Waals surface area contributed by atoms with Crippen LogP contribution in [0.15, 0.2) is 18.2 Å². The standard InChI is InChI=1S/C14H18Cl2N4O2/c1-7(2)20-13(21)18-12(19-14(20)22)17-8(3)9-4-5-10(15)11(16)6-9/h4-8,12,17H,1-3H3,(H,18,21)(H,19,22)/t8-/m0/s1. The molecule has 4 amide bonds. The van der Waals surface area contributed by atoms with Gasteiger partial charge in [-0.05, 0) is 38.5 Å². The van der Waals surface area contributed by atoms with Gasteiger partial charge in [-0.25, -0.2) is 14.5 Å². The molecule has 1 saturated heterocycles. The van der Waals surface area contributed by atoms with Crippen LogP contribution in [-0.2, 0) is 0 Å². The molecule has 0 radical (unpaired) electrons.